The van der Waals surface area contributed by atoms with Gasteiger partial charge in [0.25, 0.3) is 0 Å². The van der Waals surface area contributed by atoms with Gasteiger partial charge in [0.2, 0.25) is 5.91 Å². The van der Waals surface area contributed by atoms with Crippen molar-refractivity contribution in [2.45, 2.75) is 43.7 Å². The lowest BCUT2D eigenvalue weighted by Crippen LogP contribution is -2.49. The number of aryl methyl sites for hydroxylation is 1. The predicted octanol–water partition coefficient (Wildman–Crippen LogP) is 3.53. The van der Waals surface area contributed by atoms with Crippen LogP contribution in [0.1, 0.15) is 36.3 Å². The van der Waals surface area contributed by atoms with Crippen LogP contribution in [0.4, 0.5) is 0 Å². The van der Waals surface area contributed by atoms with Crippen molar-refractivity contribution in [3.63, 3.8) is 0 Å². The third-order valence-corrected chi connectivity index (χ3v) is 6.37. The van der Waals surface area contributed by atoms with E-state index in [0.29, 0.717) is 12.3 Å². The third-order valence-electron chi connectivity index (χ3n) is 6.12. The molecule has 2 N–H and O–H groups in total. The molecular formula is C23H28ClN3O2. The Bertz CT molecular complexity index is 842. The highest BCUT2D eigenvalue weighted by Gasteiger charge is 2.41. The van der Waals surface area contributed by atoms with Gasteiger partial charge in [-0.05, 0) is 54.7 Å². The SMILES string of the molecule is COc1cccc(C2CNNC2C2CCCN2C(=O)CCc2ccc(Cl)cc2)c1. The van der Waals surface area contributed by atoms with Crippen molar-refractivity contribution in [2.75, 3.05) is 20.2 Å². The average Bonchev–Trinajstić information content (AvgIpc) is 3.42. The molecule has 0 aliphatic carbocycles. The van der Waals surface area contributed by atoms with Gasteiger partial charge in [0.05, 0.1) is 7.11 Å². The summed E-state index contributed by atoms with van der Waals surface area (Å²) in [4.78, 5) is 15.1. The summed E-state index contributed by atoms with van der Waals surface area (Å²) in [5.41, 5.74) is 9.16. The Morgan fingerprint density at radius 3 is 2.86 bits per heavy atom. The minimum atomic E-state index is 0.198. The largest absolute Gasteiger partial charge is 0.497 e. The number of carbonyl (C=O) groups excluding carboxylic acids is 1. The summed E-state index contributed by atoms with van der Waals surface area (Å²) in [6, 6.07) is 16.4. The van der Waals surface area contributed by atoms with Crippen LogP contribution < -0.4 is 15.6 Å². The maximum Gasteiger partial charge on any atom is 0.223 e. The molecule has 4 rings (SSSR count). The number of hydrogen-bond donors (Lipinski definition) is 2. The Labute approximate surface area is 177 Å². The van der Waals surface area contributed by atoms with Crippen molar-refractivity contribution in [3.05, 3.63) is 64.7 Å². The summed E-state index contributed by atoms with van der Waals surface area (Å²) >= 11 is 5.96. The molecule has 2 fully saturated rings. The number of hydrazine groups is 1. The molecule has 29 heavy (non-hydrogen) atoms. The van der Waals surface area contributed by atoms with Crippen LogP contribution in [0.2, 0.25) is 5.02 Å². The van der Waals surface area contributed by atoms with Gasteiger partial charge in [-0.25, -0.2) is 0 Å². The van der Waals surface area contributed by atoms with Crippen LogP contribution in [0.15, 0.2) is 48.5 Å². The zero-order valence-corrected chi connectivity index (χ0v) is 17.5. The maximum absolute atomic E-state index is 13.0. The van der Waals surface area contributed by atoms with Crippen LogP contribution in [-0.2, 0) is 11.2 Å². The zero-order valence-electron chi connectivity index (χ0n) is 16.7. The minimum Gasteiger partial charge on any atom is -0.497 e. The van der Waals surface area contributed by atoms with Crippen LogP contribution in [-0.4, -0.2) is 43.1 Å². The van der Waals surface area contributed by atoms with Crippen LogP contribution in [0.3, 0.4) is 0 Å². The smallest absolute Gasteiger partial charge is 0.223 e. The molecule has 0 saturated carbocycles. The molecule has 0 spiro atoms. The fraction of sp³-hybridized carbons (Fsp3) is 0.435. The molecular weight excluding hydrogens is 386 g/mol. The van der Waals surface area contributed by atoms with Gasteiger partial charge in [-0.2, -0.15) is 0 Å². The lowest BCUT2D eigenvalue weighted by atomic mass is 9.87. The number of rotatable bonds is 6. The number of benzene rings is 2. The number of ether oxygens (including phenoxy) is 1. The highest BCUT2D eigenvalue weighted by molar-refractivity contribution is 6.30. The van der Waals surface area contributed by atoms with Gasteiger partial charge in [-0.15, -0.1) is 0 Å². The van der Waals surface area contributed by atoms with Crippen LogP contribution in [0, 0.1) is 0 Å². The van der Waals surface area contributed by atoms with Crippen LogP contribution in [0.5, 0.6) is 5.75 Å². The first-order valence-corrected chi connectivity index (χ1v) is 10.7. The summed E-state index contributed by atoms with van der Waals surface area (Å²) in [7, 11) is 1.69. The molecule has 2 aromatic rings. The van der Waals surface area contributed by atoms with Crippen molar-refractivity contribution < 1.29 is 9.53 Å². The van der Waals surface area contributed by atoms with E-state index in [2.05, 4.69) is 27.9 Å². The fourth-order valence-electron chi connectivity index (χ4n) is 4.60. The molecule has 0 bridgehead atoms. The van der Waals surface area contributed by atoms with E-state index in [1.807, 2.05) is 36.4 Å². The second-order valence-corrected chi connectivity index (χ2v) is 8.29. The molecule has 3 unspecified atom stereocenters. The number of carbonyl (C=O) groups is 1. The first-order chi connectivity index (χ1) is 14.2. The van der Waals surface area contributed by atoms with Crippen LogP contribution in [0.25, 0.3) is 0 Å². The number of halogens is 1. The lowest BCUT2D eigenvalue weighted by Gasteiger charge is -2.32. The van der Waals surface area contributed by atoms with Gasteiger partial charge in [0.15, 0.2) is 0 Å². The lowest BCUT2D eigenvalue weighted by molar-refractivity contribution is -0.132. The Hall–Kier alpha value is -2.08. The van der Waals surface area contributed by atoms with Crippen molar-refractivity contribution in [1.29, 1.82) is 0 Å². The Kier molecular flexibility index (Phi) is 6.38. The normalized spacial score (nSPS) is 24.1. The van der Waals surface area contributed by atoms with Gasteiger partial charge in [0, 0.05) is 42.5 Å². The quantitative estimate of drug-likeness (QED) is 0.760. The van der Waals surface area contributed by atoms with E-state index in [9.17, 15) is 4.79 Å². The first-order valence-electron chi connectivity index (χ1n) is 10.3. The van der Waals surface area contributed by atoms with Gasteiger partial charge in [0.1, 0.15) is 5.75 Å². The third kappa shape index (κ3) is 4.58. The highest BCUT2D eigenvalue weighted by Crippen LogP contribution is 2.33. The number of methoxy groups -OCH3 is 1. The average molecular weight is 414 g/mol. The summed E-state index contributed by atoms with van der Waals surface area (Å²) in [6.07, 6.45) is 3.36. The molecule has 5 nitrogen and oxygen atoms in total. The molecule has 2 aliphatic heterocycles. The van der Waals surface area contributed by atoms with E-state index in [0.717, 1.165) is 48.7 Å². The molecule has 0 aromatic heterocycles. The molecule has 0 radical (unpaired) electrons. The zero-order chi connectivity index (χ0) is 20.2. The molecule has 1 amide bonds. The van der Waals surface area contributed by atoms with Crippen molar-refractivity contribution in [3.8, 4) is 5.75 Å². The highest BCUT2D eigenvalue weighted by atomic mass is 35.5. The number of amides is 1. The van der Waals surface area contributed by atoms with Gasteiger partial charge in [-0.1, -0.05) is 35.9 Å². The Morgan fingerprint density at radius 1 is 1.24 bits per heavy atom. The number of hydrogen-bond acceptors (Lipinski definition) is 4. The standard InChI is InChI=1S/C23H28ClN3O2/c1-29-19-5-2-4-17(14-19)20-15-25-26-23(20)21-6-3-13-27(21)22(28)12-9-16-7-10-18(24)11-8-16/h2,4-5,7-8,10-11,14,20-21,23,25-26H,3,6,9,12-13,15H2,1H3. The number of nitrogens with one attached hydrogen (secondary N) is 2. The van der Waals surface area contributed by atoms with Gasteiger partial charge >= 0.3 is 0 Å². The molecule has 154 valence electrons. The summed E-state index contributed by atoms with van der Waals surface area (Å²) in [5, 5.41) is 0.725. The molecule has 2 aliphatic rings. The van der Waals surface area contributed by atoms with E-state index in [1.165, 1.54) is 5.56 Å². The maximum atomic E-state index is 13.0. The number of likely N-dealkylation sites (tertiary alicyclic amines) is 1. The summed E-state index contributed by atoms with van der Waals surface area (Å²) in [6.45, 7) is 1.69. The van der Waals surface area contributed by atoms with E-state index in [-0.39, 0.29) is 18.0 Å². The summed E-state index contributed by atoms with van der Waals surface area (Å²) < 4.78 is 5.40. The van der Waals surface area contributed by atoms with E-state index < -0.39 is 0 Å². The van der Waals surface area contributed by atoms with Gasteiger partial charge in [-0.3, -0.25) is 15.6 Å². The van der Waals surface area contributed by atoms with Crippen LogP contribution >= 0.6 is 11.6 Å². The van der Waals surface area contributed by atoms with Crippen molar-refractivity contribution >= 4 is 17.5 Å². The topological polar surface area (TPSA) is 53.6 Å². The number of nitrogens with zero attached hydrogens (tertiary/aromatic N) is 1. The van der Waals surface area contributed by atoms with E-state index in [1.54, 1.807) is 7.11 Å². The Morgan fingerprint density at radius 2 is 2.07 bits per heavy atom. The monoisotopic (exact) mass is 413 g/mol. The van der Waals surface area contributed by atoms with E-state index >= 15 is 0 Å². The van der Waals surface area contributed by atoms with Gasteiger partial charge < -0.3 is 9.64 Å². The first kappa shape index (κ1) is 20.2. The Balaban J connectivity index is 1.43. The molecule has 2 heterocycles. The molecule has 2 saturated heterocycles. The molecule has 2 aromatic carbocycles. The van der Waals surface area contributed by atoms with Crippen molar-refractivity contribution in [1.82, 2.24) is 15.8 Å². The second-order valence-electron chi connectivity index (χ2n) is 7.86. The van der Waals surface area contributed by atoms with E-state index in [4.69, 9.17) is 16.3 Å². The summed E-state index contributed by atoms with van der Waals surface area (Å²) in [5.74, 6) is 1.41. The fourth-order valence-corrected chi connectivity index (χ4v) is 4.72. The minimum absolute atomic E-state index is 0.198. The predicted molar refractivity (Wildman–Crippen MR) is 115 cm³/mol. The molecule has 6 heteroatoms. The van der Waals surface area contributed by atoms with Crippen molar-refractivity contribution in [2.24, 2.45) is 0 Å². The second kappa shape index (κ2) is 9.16. The molecule has 3 atom stereocenters.